The van der Waals surface area contributed by atoms with E-state index in [1.54, 1.807) is 0 Å². The zero-order valence-corrected chi connectivity index (χ0v) is 15.1. The Bertz CT molecular complexity index is 1040. The molecule has 0 spiro atoms. The maximum atomic E-state index is 12.1. The summed E-state index contributed by atoms with van der Waals surface area (Å²) in [4.78, 5) is 24.2. The van der Waals surface area contributed by atoms with Gasteiger partial charge in [-0.15, -0.1) is 0 Å². The number of rotatable bonds is 3. The fraction of sp³-hybridized carbons (Fsp3) is 0.182. The van der Waals surface area contributed by atoms with Crippen LogP contribution >= 0.6 is 0 Å². The summed E-state index contributed by atoms with van der Waals surface area (Å²) in [6.45, 7) is 3.83. The highest BCUT2D eigenvalue weighted by atomic mass is 16.7. The van der Waals surface area contributed by atoms with E-state index < -0.39 is 17.7 Å². The molecule has 1 aliphatic rings. The van der Waals surface area contributed by atoms with E-state index in [9.17, 15) is 9.59 Å². The molecular formula is C22H19NO4. The molecule has 0 saturated carbocycles. The second-order valence-electron chi connectivity index (χ2n) is 6.98. The molecule has 27 heavy (non-hydrogen) atoms. The smallest absolute Gasteiger partial charge is 0.348 e. The van der Waals surface area contributed by atoms with Gasteiger partial charge in [0.05, 0.1) is 0 Å². The molecule has 0 N–H and O–H groups in total. The predicted octanol–water partition coefficient (Wildman–Crippen LogP) is 3.91. The van der Waals surface area contributed by atoms with Gasteiger partial charge in [-0.1, -0.05) is 36.4 Å². The Balaban J connectivity index is 1.63. The highest BCUT2D eigenvalue weighted by Crippen LogP contribution is 2.25. The van der Waals surface area contributed by atoms with Gasteiger partial charge < -0.3 is 14.0 Å². The molecule has 0 atom stereocenters. The number of carbonyl (C=O) groups is 2. The van der Waals surface area contributed by atoms with Crippen LogP contribution in [0, 0.1) is 0 Å². The molecule has 0 radical (unpaired) electrons. The van der Waals surface area contributed by atoms with E-state index in [1.807, 2.05) is 48.7 Å². The Morgan fingerprint density at radius 1 is 0.963 bits per heavy atom. The Labute approximate surface area is 156 Å². The highest BCUT2D eigenvalue weighted by molar-refractivity contribution is 6.19. The van der Waals surface area contributed by atoms with Crippen LogP contribution in [0.4, 0.5) is 0 Å². The number of benzene rings is 2. The monoisotopic (exact) mass is 361 g/mol. The Hall–Kier alpha value is -3.34. The summed E-state index contributed by atoms with van der Waals surface area (Å²) in [5, 5.41) is 1.03. The molecule has 2 heterocycles. The SMILES string of the molecule is CC1(C)OC(=O)C(=Cc2ccc3c(ccn3Cc3ccccc3)c2)C(=O)O1. The standard InChI is InChI=1S/C22H19NO4/c1-22(2)26-20(24)18(21(25)27-22)13-16-8-9-19-17(12-16)10-11-23(19)14-15-6-4-3-5-7-15/h3-13H,14H2,1-2H3. The third kappa shape index (κ3) is 3.49. The van der Waals surface area contributed by atoms with Crippen LogP contribution in [0.2, 0.25) is 0 Å². The van der Waals surface area contributed by atoms with Crippen LogP contribution in [-0.4, -0.2) is 22.3 Å². The number of aromatic nitrogens is 1. The van der Waals surface area contributed by atoms with E-state index in [0.29, 0.717) is 0 Å². The van der Waals surface area contributed by atoms with E-state index >= 15 is 0 Å². The highest BCUT2D eigenvalue weighted by Gasteiger charge is 2.38. The van der Waals surface area contributed by atoms with Crippen LogP contribution in [0.3, 0.4) is 0 Å². The van der Waals surface area contributed by atoms with E-state index in [-0.39, 0.29) is 5.57 Å². The fourth-order valence-corrected chi connectivity index (χ4v) is 3.17. The molecule has 5 nitrogen and oxygen atoms in total. The molecule has 1 fully saturated rings. The third-order valence-electron chi connectivity index (χ3n) is 4.42. The third-order valence-corrected chi connectivity index (χ3v) is 4.42. The van der Waals surface area contributed by atoms with Crippen molar-refractivity contribution in [1.29, 1.82) is 0 Å². The first-order valence-electron chi connectivity index (χ1n) is 8.72. The molecule has 2 aromatic carbocycles. The van der Waals surface area contributed by atoms with Crippen LogP contribution in [-0.2, 0) is 25.6 Å². The largest absolute Gasteiger partial charge is 0.419 e. The molecule has 3 aromatic rings. The molecule has 1 saturated heterocycles. The lowest BCUT2D eigenvalue weighted by atomic mass is 10.1. The van der Waals surface area contributed by atoms with Crippen LogP contribution in [0.25, 0.3) is 17.0 Å². The number of hydrogen-bond donors (Lipinski definition) is 0. The van der Waals surface area contributed by atoms with Gasteiger partial charge in [0.1, 0.15) is 5.57 Å². The number of carbonyl (C=O) groups excluding carboxylic acids is 2. The molecule has 136 valence electrons. The van der Waals surface area contributed by atoms with Crippen molar-refractivity contribution in [2.75, 3.05) is 0 Å². The normalized spacial score (nSPS) is 16.1. The van der Waals surface area contributed by atoms with Crippen molar-refractivity contribution in [1.82, 2.24) is 4.57 Å². The summed E-state index contributed by atoms with van der Waals surface area (Å²) >= 11 is 0. The van der Waals surface area contributed by atoms with Crippen molar-refractivity contribution in [3.63, 3.8) is 0 Å². The summed E-state index contributed by atoms with van der Waals surface area (Å²) in [6.07, 6.45) is 3.54. The first kappa shape index (κ1) is 17.1. The molecule has 0 bridgehead atoms. The predicted molar refractivity (Wildman–Crippen MR) is 102 cm³/mol. The van der Waals surface area contributed by atoms with Gasteiger partial charge >= 0.3 is 11.9 Å². The summed E-state index contributed by atoms with van der Waals surface area (Å²) < 4.78 is 12.4. The summed E-state index contributed by atoms with van der Waals surface area (Å²) in [5.74, 6) is -2.57. The van der Waals surface area contributed by atoms with Gasteiger partial charge in [-0.3, -0.25) is 0 Å². The van der Waals surface area contributed by atoms with Crippen LogP contribution in [0.15, 0.2) is 66.4 Å². The first-order chi connectivity index (χ1) is 12.9. The first-order valence-corrected chi connectivity index (χ1v) is 8.72. The quantitative estimate of drug-likeness (QED) is 0.403. The maximum Gasteiger partial charge on any atom is 0.348 e. The van der Waals surface area contributed by atoms with Gasteiger partial charge in [-0.05, 0) is 35.4 Å². The average molecular weight is 361 g/mol. The van der Waals surface area contributed by atoms with Crippen molar-refractivity contribution >= 4 is 28.9 Å². The average Bonchev–Trinajstić information content (AvgIpc) is 3.00. The van der Waals surface area contributed by atoms with Gasteiger partial charge in [-0.2, -0.15) is 0 Å². The van der Waals surface area contributed by atoms with Crippen molar-refractivity contribution in [2.24, 2.45) is 0 Å². The topological polar surface area (TPSA) is 57.5 Å². The van der Waals surface area contributed by atoms with Crippen LogP contribution in [0.1, 0.15) is 25.0 Å². The van der Waals surface area contributed by atoms with Gasteiger partial charge in [0.15, 0.2) is 0 Å². The van der Waals surface area contributed by atoms with E-state index in [4.69, 9.17) is 9.47 Å². The van der Waals surface area contributed by atoms with Gasteiger partial charge in [0.2, 0.25) is 0 Å². The molecule has 0 aliphatic carbocycles. The minimum atomic E-state index is -1.23. The Morgan fingerprint density at radius 3 is 2.37 bits per heavy atom. The minimum Gasteiger partial charge on any atom is -0.419 e. The number of hydrogen-bond acceptors (Lipinski definition) is 4. The maximum absolute atomic E-state index is 12.1. The van der Waals surface area contributed by atoms with Crippen LogP contribution < -0.4 is 0 Å². The van der Waals surface area contributed by atoms with Gasteiger partial charge in [0.25, 0.3) is 5.79 Å². The summed E-state index contributed by atoms with van der Waals surface area (Å²) in [7, 11) is 0. The fourth-order valence-electron chi connectivity index (χ4n) is 3.17. The molecule has 5 heteroatoms. The Morgan fingerprint density at radius 2 is 1.67 bits per heavy atom. The number of cyclic esters (lactones) is 2. The lowest BCUT2D eigenvalue weighted by Gasteiger charge is -2.29. The summed E-state index contributed by atoms with van der Waals surface area (Å²) in [6, 6.07) is 18.0. The zero-order chi connectivity index (χ0) is 19.0. The Kier molecular flexibility index (Phi) is 4.07. The van der Waals surface area contributed by atoms with Crippen molar-refractivity contribution in [3.8, 4) is 0 Å². The summed E-state index contributed by atoms with van der Waals surface area (Å²) in [5.41, 5.74) is 2.94. The molecule has 1 aliphatic heterocycles. The van der Waals surface area contributed by atoms with Gasteiger partial charge in [-0.25, -0.2) is 9.59 Å². The minimum absolute atomic E-state index is 0.0996. The number of fused-ring (bicyclic) bond motifs is 1. The molecular weight excluding hydrogens is 342 g/mol. The zero-order valence-electron chi connectivity index (χ0n) is 15.1. The number of ether oxygens (including phenoxy) is 2. The lowest BCUT2D eigenvalue weighted by molar-refractivity contribution is -0.222. The number of nitrogens with zero attached hydrogens (tertiary/aromatic N) is 1. The number of esters is 2. The molecule has 1 aromatic heterocycles. The molecule has 0 amide bonds. The van der Waals surface area contributed by atoms with E-state index in [1.165, 1.54) is 25.5 Å². The second-order valence-corrected chi connectivity index (χ2v) is 6.98. The second kappa shape index (κ2) is 6.43. The molecule has 4 rings (SSSR count). The van der Waals surface area contributed by atoms with Crippen molar-refractivity contribution in [3.05, 3.63) is 77.5 Å². The van der Waals surface area contributed by atoms with Crippen molar-refractivity contribution < 1.29 is 19.1 Å². The van der Waals surface area contributed by atoms with Gasteiger partial charge in [0, 0.05) is 37.5 Å². The molecule has 0 unspecified atom stereocenters. The van der Waals surface area contributed by atoms with E-state index in [2.05, 4.69) is 16.7 Å². The van der Waals surface area contributed by atoms with E-state index in [0.717, 1.165) is 23.0 Å². The van der Waals surface area contributed by atoms with Crippen molar-refractivity contribution in [2.45, 2.75) is 26.2 Å². The lowest BCUT2D eigenvalue weighted by Crippen LogP contribution is -2.41. The van der Waals surface area contributed by atoms with Crippen LogP contribution in [0.5, 0.6) is 0 Å².